The van der Waals surface area contributed by atoms with Crippen molar-refractivity contribution in [3.05, 3.63) is 29.8 Å². The van der Waals surface area contributed by atoms with Gasteiger partial charge >= 0.3 is 5.97 Å². The van der Waals surface area contributed by atoms with Gasteiger partial charge in [-0.1, -0.05) is 12.1 Å². The first-order valence-corrected chi connectivity index (χ1v) is 6.36. The van der Waals surface area contributed by atoms with Crippen LogP contribution in [0.4, 0.5) is 4.39 Å². The summed E-state index contributed by atoms with van der Waals surface area (Å²) in [7, 11) is 0. The summed E-state index contributed by atoms with van der Waals surface area (Å²) in [5.74, 6) is -1.10. The average Bonchev–Trinajstić information content (AvgIpc) is 2.44. The molecule has 0 saturated heterocycles. The van der Waals surface area contributed by atoms with E-state index in [2.05, 4.69) is 5.32 Å². The van der Waals surface area contributed by atoms with Crippen LogP contribution in [0.1, 0.15) is 18.9 Å². The van der Waals surface area contributed by atoms with E-state index in [4.69, 9.17) is 9.84 Å². The van der Waals surface area contributed by atoms with Gasteiger partial charge in [0.1, 0.15) is 12.4 Å². The third-order valence-corrected chi connectivity index (χ3v) is 2.66. The van der Waals surface area contributed by atoms with Crippen molar-refractivity contribution in [2.75, 3.05) is 13.3 Å². The maximum absolute atomic E-state index is 12.3. The third kappa shape index (κ3) is 5.26. The molecule has 0 aliphatic carbocycles. The van der Waals surface area contributed by atoms with Crippen LogP contribution in [0, 0.1) is 0 Å². The predicted molar refractivity (Wildman–Crippen MR) is 71.5 cm³/mol. The van der Waals surface area contributed by atoms with E-state index in [1.807, 2.05) is 19.1 Å². The number of benzene rings is 1. The van der Waals surface area contributed by atoms with Gasteiger partial charge in [0.2, 0.25) is 5.91 Å². The van der Waals surface area contributed by atoms with Crippen molar-refractivity contribution in [2.24, 2.45) is 0 Å². The van der Waals surface area contributed by atoms with Crippen LogP contribution in [0.3, 0.4) is 0 Å². The smallest absolute Gasteiger partial charge is 0.328 e. The number of halogens is 1. The number of nitrogens with one attached hydrogen (secondary N) is 1. The molecule has 5 nitrogen and oxygen atoms in total. The number of alkyl halides is 1. The average molecular weight is 283 g/mol. The lowest BCUT2D eigenvalue weighted by Gasteiger charge is -2.10. The van der Waals surface area contributed by atoms with E-state index in [1.54, 1.807) is 12.1 Å². The number of ether oxygens (including phenoxy) is 1. The highest BCUT2D eigenvalue weighted by Gasteiger charge is 2.19. The fraction of sp³-hybridized carbons (Fsp3) is 0.429. The lowest BCUT2D eigenvalue weighted by Crippen LogP contribution is -2.42. The number of carbonyl (C=O) groups is 2. The van der Waals surface area contributed by atoms with Gasteiger partial charge in [-0.2, -0.15) is 0 Å². The van der Waals surface area contributed by atoms with Crippen LogP contribution in [0.2, 0.25) is 0 Å². The second-order valence-corrected chi connectivity index (χ2v) is 4.19. The first-order valence-electron chi connectivity index (χ1n) is 6.36. The van der Waals surface area contributed by atoms with Gasteiger partial charge in [0.25, 0.3) is 0 Å². The van der Waals surface area contributed by atoms with Gasteiger partial charge in [0.05, 0.1) is 6.61 Å². The molecule has 0 heterocycles. The fourth-order valence-corrected chi connectivity index (χ4v) is 1.61. The third-order valence-electron chi connectivity index (χ3n) is 2.66. The Labute approximate surface area is 116 Å². The maximum atomic E-state index is 12.3. The van der Waals surface area contributed by atoms with Gasteiger partial charge in [-0.25, -0.2) is 9.18 Å². The Bertz CT molecular complexity index is 447. The van der Waals surface area contributed by atoms with Crippen molar-refractivity contribution in [3.63, 3.8) is 0 Å². The van der Waals surface area contributed by atoms with Crippen LogP contribution in [0.5, 0.6) is 5.75 Å². The minimum Gasteiger partial charge on any atom is -0.494 e. The van der Waals surface area contributed by atoms with E-state index in [-0.39, 0.29) is 6.42 Å². The molecule has 110 valence electrons. The van der Waals surface area contributed by atoms with Crippen molar-refractivity contribution < 1.29 is 23.8 Å². The summed E-state index contributed by atoms with van der Waals surface area (Å²) in [6, 6.07) is 5.81. The van der Waals surface area contributed by atoms with E-state index in [0.717, 1.165) is 11.3 Å². The van der Waals surface area contributed by atoms with Crippen molar-refractivity contribution in [2.45, 2.75) is 25.8 Å². The lowest BCUT2D eigenvalue weighted by atomic mass is 10.1. The monoisotopic (exact) mass is 283 g/mol. The molecule has 1 rings (SSSR count). The van der Waals surface area contributed by atoms with Crippen LogP contribution >= 0.6 is 0 Å². The summed E-state index contributed by atoms with van der Waals surface area (Å²) in [6.07, 6.45) is 0.564. The molecule has 0 bridgehead atoms. The number of hydrogen-bond donors (Lipinski definition) is 2. The van der Waals surface area contributed by atoms with Crippen molar-refractivity contribution >= 4 is 11.9 Å². The number of rotatable bonds is 8. The van der Waals surface area contributed by atoms with Crippen LogP contribution in [0.15, 0.2) is 24.3 Å². The summed E-state index contributed by atoms with van der Waals surface area (Å²) < 4.78 is 17.6. The Hall–Kier alpha value is -2.11. The Morgan fingerprint density at radius 2 is 2.00 bits per heavy atom. The molecule has 6 heteroatoms. The highest BCUT2D eigenvalue weighted by molar-refractivity contribution is 5.83. The second kappa shape index (κ2) is 8.14. The number of aryl methyl sites for hydroxylation is 1. The van der Waals surface area contributed by atoms with E-state index in [1.165, 1.54) is 0 Å². The number of carboxylic acid groups (broad SMARTS) is 1. The molecule has 0 spiro atoms. The van der Waals surface area contributed by atoms with Crippen LogP contribution in [-0.4, -0.2) is 36.3 Å². The van der Waals surface area contributed by atoms with E-state index in [0.29, 0.717) is 13.0 Å². The molecule has 0 aromatic heterocycles. The van der Waals surface area contributed by atoms with Crippen molar-refractivity contribution in [3.8, 4) is 5.75 Å². The SMILES string of the molecule is CCOc1ccc(CCC(=O)NC(CF)C(=O)O)cc1. The van der Waals surface area contributed by atoms with E-state index in [9.17, 15) is 14.0 Å². The summed E-state index contributed by atoms with van der Waals surface area (Å²) in [6.45, 7) is 1.35. The number of amides is 1. The lowest BCUT2D eigenvalue weighted by molar-refractivity contribution is -0.142. The zero-order chi connectivity index (χ0) is 15.0. The van der Waals surface area contributed by atoms with E-state index < -0.39 is 24.6 Å². The first kappa shape index (κ1) is 15.9. The Balaban J connectivity index is 2.42. The molecule has 0 aliphatic heterocycles. The number of aliphatic carboxylic acids is 1. The molecule has 1 aromatic carbocycles. The Kier molecular flexibility index (Phi) is 6.49. The van der Waals surface area contributed by atoms with Crippen LogP contribution in [-0.2, 0) is 16.0 Å². The standard InChI is InChI=1S/C14H18FNO4/c1-2-20-11-6-3-10(4-7-11)5-8-13(17)16-12(9-15)14(18)19/h3-4,6-7,12H,2,5,8-9H2,1H3,(H,16,17)(H,18,19). The van der Waals surface area contributed by atoms with Gasteiger partial charge in [-0.3, -0.25) is 4.79 Å². The van der Waals surface area contributed by atoms with Crippen LogP contribution in [0.25, 0.3) is 0 Å². The van der Waals surface area contributed by atoms with Gasteiger partial charge in [-0.15, -0.1) is 0 Å². The van der Waals surface area contributed by atoms with Gasteiger partial charge in [0, 0.05) is 6.42 Å². The minimum absolute atomic E-state index is 0.109. The maximum Gasteiger partial charge on any atom is 0.328 e. The van der Waals surface area contributed by atoms with Crippen LogP contribution < -0.4 is 10.1 Å². The summed E-state index contributed by atoms with van der Waals surface area (Å²) in [4.78, 5) is 22.1. The Morgan fingerprint density at radius 1 is 1.35 bits per heavy atom. The molecule has 0 radical (unpaired) electrons. The number of carbonyl (C=O) groups excluding carboxylic acids is 1. The topological polar surface area (TPSA) is 75.6 Å². The molecule has 1 amide bonds. The van der Waals surface area contributed by atoms with Gasteiger partial charge in [-0.05, 0) is 31.0 Å². The molecule has 1 unspecified atom stereocenters. The molecule has 0 aliphatic rings. The van der Waals surface area contributed by atoms with Crippen molar-refractivity contribution in [1.82, 2.24) is 5.32 Å². The minimum atomic E-state index is -1.47. The first-order chi connectivity index (χ1) is 9.56. The predicted octanol–water partition coefficient (Wildman–Crippen LogP) is 1.56. The zero-order valence-corrected chi connectivity index (χ0v) is 11.3. The molecule has 20 heavy (non-hydrogen) atoms. The van der Waals surface area contributed by atoms with Crippen molar-refractivity contribution in [1.29, 1.82) is 0 Å². The second-order valence-electron chi connectivity index (χ2n) is 4.19. The molecule has 0 fully saturated rings. The Morgan fingerprint density at radius 3 is 2.50 bits per heavy atom. The largest absolute Gasteiger partial charge is 0.494 e. The highest BCUT2D eigenvalue weighted by atomic mass is 19.1. The number of carboxylic acids is 1. The number of hydrogen-bond acceptors (Lipinski definition) is 3. The summed E-state index contributed by atoms with van der Waals surface area (Å²) in [5.41, 5.74) is 0.927. The molecule has 1 atom stereocenters. The molecule has 2 N–H and O–H groups in total. The molecule has 1 aromatic rings. The van der Waals surface area contributed by atoms with E-state index >= 15 is 0 Å². The highest BCUT2D eigenvalue weighted by Crippen LogP contribution is 2.13. The van der Waals surface area contributed by atoms with Gasteiger partial charge < -0.3 is 15.2 Å². The molecule has 0 saturated carbocycles. The summed E-state index contributed by atoms with van der Waals surface area (Å²) >= 11 is 0. The quantitative estimate of drug-likeness (QED) is 0.759. The fourth-order valence-electron chi connectivity index (χ4n) is 1.61. The normalized spacial score (nSPS) is 11.7. The van der Waals surface area contributed by atoms with Gasteiger partial charge in [0.15, 0.2) is 6.04 Å². The molecular formula is C14H18FNO4. The molecular weight excluding hydrogens is 265 g/mol. The zero-order valence-electron chi connectivity index (χ0n) is 11.3. The summed E-state index contributed by atoms with van der Waals surface area (Å²) in [5, 5.41) is 10.7.